The van der Waals surface area contributed by atoms with Gasteiger partial charge in [-0.05, 0) is 80.6 Å². The Labute approximate surface area is 142 Å². The summed E-state index contributed by atoms with van der Waals surface area (Å²) in [6.45, 7) is 15.7. The van der Waals surface area contributed by atoms with Crippen molar-refractivity contribution in [2.75, 3.05) is 0 Å². The highest BCUT2D eigenvalue weighted by Gasteiger charge is 2.62. The van der Waals surface area contributed by atoms with Crippen LogP contribution in [0.3, 0.4) is 0 Å². The van der Waals surface area contributed by atoms with E-state index >= 15 is 0 Å². The minimum absolute atomic E-state index is 0.0387. The van der Waals surface area contributed by atoms with E-state index in [1.165, 1.54) is 31.1 Å². The first-order valence-corrected chi connectivity index (χ1v) is 9.29. The number of aliphatic hydroxyl groups is 1. The molecule has 1 aliphatic heterocycles. The van der Waals surface area contributed by atoms with Crippen molar-refractivity contribution in [2.24, 2.45) is 22.7 Å². The fourth-order valence-electron chi connectivity index (χ4n) is 6.51. The molecular weight excluding hydrogens is 284 g/mol. The van der Waals surface area contributed by atoms with Crippen molar-refractivity contribution in [3.63, 3.8) is 0 Å². The summed E-state index contributed by atoms with van der Waals surface area (Å²) in [4.78, 5) is 0. The van der Waals surface area contributed by atoms with Gasteiger partial charge in [0.1, 0.15) is 0 Å². The van der Waals surface area contributed by atoms with Crippen LogP contribution in [0, 0.1) is 22.7 Å². The molecule has 1 N–H and O–H groups in total. The van der Waals surface area contributed by atoms with Gasteiger partial charge in [0.15, 0.2) is 0 Å². The van der Waals surface area contributed by atoms with Gasteiger partial charge in [-0.25, -0.2) is 0 Å². The van der Waals surface area contributed by atoms with Gasteiger partial charge in [0.05, 0.1) is 17.5 Å². The summed E-state index contributed by atoms with van der Waals surface area (Å²) in [6.07, 6.45) is 10.2. The quantitative estimate of drug-likeness (QED) is 0.489. The lowest BCUT2D eigenvalue weighted by Gasteiger charge is -2.65. The van der Waals surface area contributed by atoms with E-state index in [0.29, 0.717) is 17.3 Å². The highest BCUT2D eigenvalue weighted by atomic mass is 16.5. The van der Waals surface area contributed by atoms with Gasteiger partial charge in [-0.1, -0.05) is 26.8 Å². The van der Waals surface area contributed by atoms with E-state index in [1.807, 2.05) is 6.08 Å². The van der Waals surface area contributed by atoms with Gasteiger partial charge >= 0.3 is 0 Å². The van der Waals surface area contributed by atoms with E-state index < -0.39 is 0 Å². The van der Waals surface area contributed by atoms with Gasteiger partial charge in [-0.2, -0.15) is 0 Å². The summed E-state index contributed by atoms with van der Waals surface area (Å²) in [7, 11) is 0. The van der Waals surface area contributed by atoms with Crippen molar-refractivity contribution in [2.45, 2.75) is 84.3 Å². The van der Waals surface area contributed by atoms with Gasteiger partial charge < -0.3 is 9.84 Å². The van der Waals surface area contributed by atoms with E-state index in [-0.39, 0.29) is 16.6 Å². The second-order valence-electron chi connectivity index (χ2n) is 9.50. The number of aliphatic hydroxyl groups excluding tert-OH is 1. The molecule has 0 aromatic rings. The standard InChI is InChI=1S/C21H34O2/c1-7-19(4)11-9-17-20(5)12-8-15(14-22)18(2,3)16(20)10-13-21(17,6)23-19/h7,14,16-17,22H,1,8-13H2,2-6H3. The van der Waals surface area contributed by atoms with E-state index in [1.54, 1.807) is 0 Å². The highest BCUT2D eigenvalue weighted by Crippen LogP contribution is 2.66. The molecule has 1 saturated heterocycles. The molecular formula is C21H34O2. The molecule has 0 radical (unpaired) electrons. The molecule has 130 valence electrons. The molecule has 0 spiro atoms. The number of fused-ring (bicyclic) bond motifs is 3. The summed E-state index contributed by atoms with van der Waals surface area (Å²) in [5, 5.41) is 9.69. The normalized spacial score (nSPS) is 50.9. The average Bonchev–Trinajstić information content (AvgIpc) is 2.45. The summed E-state index contributed by atoms with van der Waals surface area (Å²) in [6, 6.07) is 0. The van der Waals surface area contributed by atoms with Crippen molar-refractivity contribution < 1.29 is 9.84 Å². The van der Waals surface area contributed by atoms with Crippen molar-refractivity contribution in [3.05, 3.63) is 24.5 Å². The van der Waals surface area contributed by atoms with Crippen molar-refractivity contribution in [1.82, 2.24) is 0 Å². The van der Waals surface area contributed by atoms with Crippen molar-refractivity contribution >= 4 is 0 Å². The van der Waals surface area contributed by atoms with Crippen molar-refractivity contribution in [3.8, 4) is 0 Å². The third-order valence-electron chi connectivity index (χ3n) is 7.87. The monoisotopic (exact) mass is 318 g/mol. The maximum absolute atomic E-state index is 9.69. The van der Waals surface area contributed by atoms with Gasteiger partial charge in [0.2, 0.25) is 0 Å². The zero-order valence-corrected chi connectivity index (χ0v) is 15.6. The summed E-state index contributed by atoms with van der Waals surface area (Å²) >= 11 is 0. The van der Waals surface area contributed by atoms with Crippen LogP contribution < -0.4 is 0 Å². The summed E-state index contributed by atoms with van der Waals surface area (Å²) in [5.74, 6) is 1.22. The molecule has 23 heavy (non-hydrogen) atoms. The maximum Gasteiger partial charge on any atom is 0.0839 e. The number of allylic oxidation sites excluding steroid dienone is 1. The zero-order chi connectivity index (χ0) is 17.1. The number of hydrogen-bond donors (Lipinski definition) is 1. The first-order chi connectivity index (χ1) is 10.6. The van der Waals surface area contributed by atoms with Gasteiger partial charge in [0.25, 0.3) is 0 Å². The minimum atomic E-state index is -0.172. The Kier molecular flexibility index (Phi) is 3.80. The van der Waals surface area contributed by atoms with Gasteiger partial charge in [-0.15, -0.1) is 6.58 Å². The van der Waals surface area contributed by atoms with Crippen LogP contribution in [0.15, 0.2) is 24.5 Å². The minimum Gasteiger partial charge on any atom is -0.516 e. The lowest BCUT2D eigenvalue weighted by molar-refractivity contribution is -0.248. The van der Waals surface area contributed by atoms with Crippen LogP contribution in [0.1, 0.15) is 73.1 Å². The maximum atomic E-state index is 9.69. The lowest BCUT2D eigenvalue weighted by atomic mass is 9.43. The van der Waals surface area contributed by atoms with Crippen LogP contribution >= 0.6 is 0 Å². The number of ether oxygens (including phenoxy) is 1. The molecule has 0 amide bonds. The molecule has 3 rings (SSSR count). The van der Waals surface area contributed by atoms with E-state index in [0.717, 1.165) is 19.3 Å². The smallest absolute Gasteiger partial charge is 0.0839 e. The number of rotatable bonds is 1. The highest BCUT2D eigenvalue weighted by molar-refractivity contribution is 5.22. The third kappa shape index (κ3) is 2.32. The van der Waals surface area contributed by atoms with Crippen LogP contribution in [-0.4, -0.2) is 16.3 Å². The summed E-state index contributed by atoms with van der Waals surface area (Å²) in [5.41, 5.74) is 1.40. The third-order valence-corrected chi connectivity index (χ3v) is 7.87. The molecule has 5 unspecified atom stereocenters. The Bertz CT molecular complexity index is 534. The largest absolute Gasteiger partial charge is 0.516 e. The topological polar surface area (TPSA) is 29.5 Å². The SMILES string of the molecule is C=CC1(C)CCC2C(C)(CCC3C(C)(C)C(=CO)CCC23C)O1. The predicted octanol–water partition coefficient (Wildman–Crippen LogP) is 5.79. The summed E-state index contributed by atoms with van der Waals surface area (Å²) < 4.78 is 6.67. The molecule has 0 aromatic heterocycles. The van der Waals surface area contributed by atoms with Crippen LogP contribution in [0.4, 0.5) is 0 Å². The van der Waals surface area contributed by atoms with Crippen LogP contribution in [-0.2, 0) is 4.74 Å². The molecule has 5 atom stereocenters. The Morgan fingerprint density at radius 2 is 1.70 bits per heavy atom. The molecule has 2 nitrogen and oxygen atoms in total. The Hall–Kier alpha value is -0.760. The molecule has 3 fully saturated rings. The predicted molar refractivity (Wildman–Crippen MR) is 95.4 cm³/mol. The Morgan fingerprint density at radius 3 is 2.30 bits per heavy atom. The average molecular weight is 319 g/mol. The molecule has 0 bridgehead atoms. The second-order valence-corrected chi connectivity index (χ2v) is 9.50. The molecule has 2 aliphatic carbocycles. The molecule has 1 heterocycles. The van der Waals surface area contributed by atoms with E-state index in [2.05, 4.69) is 41.2 Å². The van der Waals surface area contributed by atoms with Crippen molar-refractivity contribution in [1.29, 1.82) is 0 Å². The number of hydrogen-bond acceptors (Lipinski definition) is 2. The van der Waals surface area contributed by atoms with Crippen LogP contribution in [0.25, 0.3) is 0 Å². The first-order valence-electron chi connectivity index (χ1n) is 9.29. The molecule has 2 heteroatoms. The van der Waals surface area contributed by atoms with Crippen LogP contribution in [0.2, 0.25) is 0 Å². The molecule has 2 saturated carbocycles. The molecule has 3 aliphatic rings. The molecule has 0 aromatic carbocycles. The Balaban J connectivity index is 1.97. The van der Waals surface area contributed by atoms with Gasteiger partial charge in [-0.3, -0.25) is 0 Å². The van der Waals surface area contributed by atoms with Gasteiger partial charge in [0, 0.05) is 0 Å². The zero-order valence-electron chi connectivity index (χ0n) is 15.6. The van der Waals surface area contributed by atoms with E-state index in [4.69, 9.17) is 4.74 Å². The second kappa shape index (κ2) is 5.12. The first kappa shape index (κ1) is 17.1. The lowest BCUT2D eigenvalue weighted by Crippen LogP contribution is -2.62. The van der Waals surface area contributed by atoms with Crippen LogP contribution in [0.5, 0.6) is 0 Å². The van der Waals surface area contributed by atoms with E-state index in [9.17, 15) is 5.11 Å². The fourth-order valence-corrected chi connectivity index (χ4v) is 6.51. The Morgan fingerprint density at radius 1 is 1.04 bits per heavy atom. The fraction of sp³-hybridized carbons (Fsp3) is 0.810.